The first-order chi connectivity index (χ1) is 49.6. The summed E-state index contributed by atoms with van der Waals surface area (Å²) in [4.78, 5) is 32.3. The Bertz CT molecular complexity index is 5820. The molecule has 0 spiro atoms. The number of aromatic nitrogens is 6. The fourth-order valence-corrected chi connectivity index (χ4v) is 17.4. The fourth-order valence-electron chi connectivity index (χ4n) is 17.4. The molecule has 2 heterocycles. The first-order valence-corrected chi connectivity index (χ1v) is 34.4. The van der Waals surface area contributed by atoms with Gasteiger partial charge >= 0.3 is 0 Å². The highest BCUT2D eigenvalue weighted by atomic mass is 15.0. The van der Waals surface area contributed by atoms with E-state index in [-0.39, 0.29) is 11.8 Å². The molecule has 14 aromatic carbocycles. The van der Waals surface area contributed by atoms with Crippen molar-refractivity contribution in [1.82, 2.24) is 29.9 Å². The van der Waals surface area contributed by atoms with Crippen molar-refractivity contribution in [3.05, 3.63) is 430 Å². The van der Waals surface area contributed by atoms with Crippen LogP contribution in [-0.4, -0.2) is 29.9 Å². The minimum atomic E-state index is -0.581. The smallest absolute Gasteiger partial charge is 0.164 e. The molecule has 6 heteroatoms. The fraction of sp³-hybridized carbons (Fsp3) is 0.0426. The Morgan fingerprint density at radius 1 is 0.180 bits per heavy atom. The summed E-state index contributed by atoms with van der Waals surface area (Å²) in [6.07, 6.45) is 0. The van der Waals surface area contributed by atoms with Gasteiger partial charge in [0.05, 0.1) is 10.8 Å². The molecule has 2 unspecified atom stereocenters. The van der Waals surface area contributed by atoms with Crippen LogP contribution in [0.2, 0.25) is 0 Å². The number of hydrogen-bond donors (Lipinski definition) is 0. The number of nitrogens with zero attached hydrogens (tertiary/aromatic N) is 6. The zero-order chi connectivity index (χ0) is 65.9. The molecule has 21 rings (SSSR count). The average molecular weight is 1270 g/mol. The van der Waals surface area contributed by atoms with Gasteiger partial charge in [0, 0.05) is 45.2 Å². The molecule has 5 aliphatic carbocycles. The zero-order valence-electron chi connectivity index (χ0n) is 54.3. The van der Waals surface area contributed by atoms with Crippen molar-refractivity contribution in [2.45, 2.75) is 22.7 Å². The van der Waals surface area contributed by atoms with E-state index in [0.717, 1.165) is 44.5 Å². The molecule has 2 aromatic heterocycles. The molecule has 0 saturated carbocycles. The van der Waals surface area contributed by atoms with Crippen LogP contribution in [0, 0.1) is 0 Å². The van der Waals surface area contributed by atoms with Crippen molar-refractivity contribution in [1.29, 1.82) is 0 Å². The van der Waals surface area contributed by atoms with Crippen molar-refractivity contribution in [3.63, 3.8) is 0 Å². The Balaban J connectivity index is 0.687. The van der Waals surface area contributed by atoms with Crippen molar-refractivity contribution >= 4 is 0 Å². The molecule has 0 saturated heterocycles. The minimum Gasteiger partial charge on any atom is -0.208 e. The molecule has 0 radical (unpaired) electrons. The van der Waals surface area contributed by atoms with Crippen LogP contribution in [0.4, 0.5) is 0 Å². The Kier molecular flexibility index (Phi) is 13.1. The normalized spacial score (nSPS) is 15.0. The molecular formula is C94H60N6. The van der Waals surface area contributed by atoms with Gasteiger partial charge in [0.1, 0.15) is 0 Å². The summed E-state index contributed by atoms with van der Waals surface area (Å²) < 4.78 is 0. The highest BCUT2D eigenvalue weighted by Crippen LogP contribution is 2.61. The van der Waals surface area contributed by atoms with E-state index in [1.807, 2.05) is 24.3 Å². The largest absolute Gasteiger partial charge is 0.208 e. The Labute approximate surface area is 580 Å². The number of rotatable bonds is 11. The number of benzene rings is 14. The second-order valence-corrected chi connectivity index (χ2v) is 26.6. The Hall–Kier alpha value is -12.9. The maximum Gasteiger partial charge on any atom is 0.164 e. The number of fused-ring (bicyclic) bond motifs is 6. The third-order valence-corrected chi connectivity index (χ3v) is 21.5. The summed E-state index contributed by atoms with van der Waals surface area (Å²) in [5.41, 5.74) is 29.1. The SMILES string of the molecule is c1ccc(-c2nc(-c3ccc(-c4cccc5c4-c4ccccc4C5(c4ccccc4)c4ccccc4)cc3)nc(-c3ccc4c(c3)C3c5ccccc5C4c4cc(-c5nc(-c6ccccc6)nc(-c6cccc7c6-c6ccccc6C7(c6ccccc6)c6ccccc6)n5)ccc43)n2)cc1. The van der Waals surface area contributed by atoms with Gasteiger partial charge in [0.2, 0.25) is 0 Å². The van der Waals surface area contributed by atoms with Gasteiger partial charge in [-0.2, -0.15) is 0 Å². The summed E-state index contributed by atoms with van der Waals surface area (Å²) in [6.45, 7) is 0. The van der Waals surface area contributed by atoms with Gasteiger partial charge in [-0.05, 0) is 123 Å². The van der Waals surface area contributed by atoms with Gasteiger partial charge in [-0.15, -0.1) is 0 Å². The van der Waals surface area contributed by atoms with Crippen LogP contribution in [0.15, 0.2) is 352 Å². The summed E-state index contributed by atoms with van der Waals surface area (Å²) in [7, 11) is 0. The molecule has 100 heavy (non-hydrogen) atoms. The quantitative estimate of drug-likeness (QED) is 0.128. The maximum atomic E-state index is 5.57. The van der Waals surface area contributed by atoms with Crippen LogP contribution in [0.5, 0.6) is 0 Å². The van der Waals surface area contributed by atoms with Crippen molar-refractivity contribution in [2.75, 3.05) is 0 Å². The van der Waals surface area contributed by atoms with E-state index in [2.05, 4.69) is 328 Å². The van der Waals surface area contributed by atoms with E-state index in [4.69, 9.17) is 29.9 Å². The lowest BCUT2D eigenvalue weighted by atomic mass is 9.61. The van der Waals surface area contributed by atoms with E-state index < -0.39 is 10.8 Å². The molecule has 0 N–H and O–H groups in total. The van der Waals surface area contributed by atoms with Crippen LogP contribution >= 0.6 is 0 Å². The van der Waals surface area contributed by atoms with Crippen LogP contribution < -0.4 is 0 Å². The standard InChI is InChI=1S/C94H60N6/c1-7-27-60(28-8-1)87-95-89(62-51-49-59(50-52-62)69-43-25-47-81-85(69)74-41-21-23-45-79(74)93(81,65-31-11-3-12-32-65)66-33-13-4-14-34-66)98-90(96-87)63-53-55-72-77(57-63)83-70-39-19-20-40-71(70)84(72)78-58-64(54-56-73(78)83)91-97-88(61-29-9-2-10-30-61)99-92(100-91)76-44-26-48-82-86(76)75-42-22-24-46-80(75)94(82,67-35-15-5-16-36-67)68-37-17-6-18-38-68/h1-58,83-84H. The molecule has 2 atom stereocenters. The first-order valence-electron chi connectivity index (χ1n) is 34.4. The van der Waals surface area contributed by atoms with E-state index in [1.54, 1.807) is 0 Å². The molecule has 0 fully saturated rings. The van der Waals surface area contributed by atoms with Gasteiger partial charge in [-0.3, -0.25) is 0 Å². The van der Waals surface area contributed by atoms with Gasteiger partial charge < -0.3 is 0 Å². The predicted octanol–water partition coefficient (Wildman–Crippen LogP) is 21.4. The lowest BCUT2D eigenvalue weighted by Crippen LogP contribution is -2.28. The monoisotopic (exact) mass is 1270 g/mol. The molecule has 16 aromatic rings. The molecular weight excluding hydrogens is 1210 g/mol. The van der Waals surface area contributed by atoms with E-state index >= 15 is 0 Å². The maximum absolute atomic E-state index is 5.57. The topological polar surface area (TPSA) is 77.3 Å². The highest BCUT2D eigenvalue weighted by molar-refractivity contribution is 5.97. The summed E-state index contributed by atoms with van der Waals surface area (Å²) in [6, 6.07) is 127. The van der Waals surface area contributed by atoms with Crippen molar-refractivity contribution in [2.24, 2.45) is 0 Å². The average Bonchev–Trinajstić information content (AvgIpc) is 1.50. The van der Waals surface area contributed by atoms with Gasteiger partial charge in [-0.1, -0.05) is 340 Å². The van der Waals surface area contributed by atoms with Crippen LogP contribution in [0.25, 0.3) is 102 Å². The van der Waals surface area contributed by atoms with E-state index in [1.165, 1.54) is 100 Å². The second-order valence-electron chi connectivity index (χ2n) is 26.6. The lowest BCUT2D eigenvalue weighted by molar-refractivity contribution is 0.754. The third kappa shape index (κ3) is 8.63. The molecule has 2 bridgehead atoms. The zero-order valence-corrected chi connectivity index (χ0v) is 54.3. The van der Waals surface area contributed by atoms with Gasteiger partial charge in [0.25, 0.3) is 0 Å². The van der Waals surface area contributed by atoms with Crippen LogP contribution in [0.1, 0.15) is 89.7 Å². The Morgan fingerprint density at radius 2 is 0.460 bits per heavy atom. The number of hydrogen-bond acceptors (Lipinski definition) is 6. The van der Waals surface area contributed by atoms with Crippen LogP contribution in [-0.2, 0) is 10.8 Å². The highest BCUT2D eigenvalue weighted by Gasteiger charge is 2.49. The predicted molar refractivity (Wildman–Crippen MR) is 401 cm³/mol. The van der Waals surface area contributed by atoms with Crippen molar-refractivity contribution in [3.8, 4) is 102 Å². The second kappa shape index (κ2) is 22.9. The van der Waals surface area contributed by atoms with E-state index in [9.17, 15) is 0 Å². The molecule has 5 aliphatic rings. The molecule has 466 valence electrons. The van der Waals surface area contributed by atoms with Crippen molar-refractivity contribution < 1.29 is 0 Å². The minimum absolute atomic E-state index is 0.0464. The van der Waals surface area contributed by atoms with Gasteiger partial charge in [-0.25, -0.2) is 29.9 Å². The first kappa shape index (κ1) is 57.4. The molecule has 0 amide bonds. The molecule has 0 aliphatic heterocycles. The summed E-state index contributed by atoms with van der Waals surface area (Å²) in [5, 5.41) is 0. The summed E-state index contributed by atoms with van der Waals surface area (Å²) >= 11 is 0. The summed E-state index contributed by atoms with van der Waals surface area (Å²) in [5.74, 6) is 3.62. The third-order valence-electron chi connectivity index (χ3n) is 21.5. The Morgan fingerprint density at radius 3 is 0.880 bits per heavy atom. The van der Waals surface area contributed by atoms with Gasteiger partial charge in [0.15, 0.2) is 34.9 Å². The lowest BCUT2D eigenvalue weighted by Gasteiger charge is -2.42. The van der Waals surface area contributed by atoms with Crippen LogP contribution in [0.3, 0.4) is 0 Å². The van der Waals surface area contributed by atoms with E-state index in [0.29, 0.717) is 34.9 Å². The molecule has 6 nitrogen and oxygen atoms in total.